The first-order valence-electron chi connectivity index (χ1n) is 5.40. The zero-order chi connectivity index (χ0) is 14.3. The van der Waals surface area contributed by atoms with Gasteiger partial charge in [0, 0.05) is 0 Å². The highest BCUT2D eigenvalue weighted by Gasteiger charge is 2.49. The van der Waals surface area contributed by atoms with Crippen molar-refractivity contribution in [1.29, 1.82) is 0 Å². The summed E-state index contributed by atoms with van der Waals surface area (Å²) in [6, 6.07) is -1.55. The van der Waals surface area contributed by atoms with Gasteiger partial charge in [-0.15, -0.1) is 0 Å². The van der Waals surface area contributed by atoms with Crippen LogP contribution in [-0.2, 0) is 4.79 Å². The molecule has 104 valence electrons. The molecule has 0 saturated heterocycles. The van der Waals surface area contributed by atoms with Gasteiger partial charge < -0.3 is 15.3 Å². The molecule has 19 heavy (non-hydrogen) atoms. The summed E-state index contributed by atoms with van der Waals surface area (Å²) in [5.41, 5.74) is -2.34. The smallest absolute Gasteiger partial charge is 0.329 e. The van der Waals surface area contributed by atoms with Crippen molar-refractivity contribution in [1.82, 2.24) is 9.55 Å². The monoisotopic (exact) mass is 274 g/mol. The molecular formula is C10H11FN2O6. The number of hydrogen-bond donors (Lipinski definition) is 4. The first kappa shape index (κ1) is 13.6. The Morgan fingerprint density at radius 3 is 2.42 bits per heavy atom. The van der Waals surface area contributed by atoms with Gasteiger partial charge in [0.1, 0.15) is 12.1 Å². The van der Waals surface area contributed by atoms with Crippen LogP contribution in [0.15, 0.2) is 15.8 Å². The predicted molar refractivity (Wildman–Crippen MR) is 57.9 cm³/mol. The van der Waals surface area contributed by atoms with Gasteiger partial charge in [-0.3, -0.25) is 19.1 Å². The molecular weight excluding hydrogens is 263 g/mol. The molecule has 0 amide bonds. The van der Waals surface area contributed by atoms with Gasteiger partial charge in [0.25, 0.3) is 5.56 Å². The number of aromatic nitrogens is 2. The number of Topliss-reactive ketones (excluding diaryl/α,β-unsaturated/α-hetero) is 1. The van der Waals surface area contributed by atoms with E-state index in [0.29, 0.717) is 10.8 Å². The fraction of sp³-hybridized carbons (Fsp3) is 0.500. The van der Waals surface area contributed by atoms with E-state index in [2.05, 4.69) is 0 Å². The third-order valence-corrected chi connectivity index (χ3v) is 3.16. The van der Waals surface area contributed by atoms with Crippen LogP contribution in [0, 0.1) is 11.7 Å². The van der Waals surface area contributed by atoms with Gasteiger partial charge in [-0.1, -0.05) is 0 Å². The molecule has 1 aromatic rings. The van der Waals surface area contributed by atoms with E-state index in [1.165, 1.54) is 0 Å². The third kappa shape index (κ3) is 2.01. The van der Waals surface area contributed by atoms with Crippen LogP contribution >= 0.6 is 0 Å². The minimum atomic E-state index is -1.67. The van der Waals surface area contributed by atoms with Crippen LogP contribution < -0.4 is 11.2 Å². The van der Waals surface area contributed by atoms with Crippen LogP contribution in [0.2, 0.25) is 0 Å². The van der Waals surface area contributed by atoms with E-state index in [1.54, 1.807) is 4.98 Å². The Morgan fingerprint density at radius 2 is 1.89 bits per heavy atom. The van der Waals surface area contributed by atoms with Crippen molar-refractivity contribution in [2.24, 2.45) is 5.92 Å². The van der Waals surface area contributed by atoms with E-state index in [1.807, 2.05) is 0 Å². The Bertz CT molecular complexity index is 623. The molecule has 1 fully saturated rings. The van der Waals surface area contributed by atoms with E-state index in [0.717, 1.165) is 0 Å². The van der Waals surface area contributed by atoms with Gasteiger partial charge in [-0.2, -0.15) is 4.39 Å². The molecule has 9 heteroatoms. The summed E-state index contributed by atoms with van der Waals surface area (Å²) in [5, 5.41) is 28.2. The van der Waals surface area contributed by atoms with E-state index in [-0.39, 0.29) is 0 Å². The van der Waals surface area contributed by atoms with Crippen molar-refractivity contribution >= 4 is 5.78 Å². The number of rotatable bonds is 2. The number of hydrogen-bond acceptors (Lipinski definition) is 6. The Kier molecular flexibility index (Phi) is 3.35. The maximum absolute atomic E-state index is 13.1. The molecule has 1 aliphatic rings. The van der Waals surface area contributed by atoms with E-state index < -0.39 is 53.6 Å². The van der Waals surface area contributed by atoms with Crippen LogP contribution in [0.5, 0.6) is 0 Å². The van der Waals surface area contributed by atoms with E-state index in [9.17, 15) is 29.0 Å². The molecule has 4 atom stereocenters. The molecule has 1 saturated carbocycles. The molecule has 2 rings (SSSR count). The van der Waals surface area contributed by atoms with Crippen molar-refractivity contribution in [3.63, 3.8) is 0 Å². The summed E-state index contributed by atoms with van der Waals surface area (Å²) in [4.78, 5) is 35.9. The largest absolute Gasteiger partial charge is 0.396 e. The molecule has 0 radical (unpaired) electrons. The number of aromatic amines is 1. The maximum atomic E-state index is 13.1. The third-order valence-electron chi connectivity index (χ3n) is 3.16. The number of nitrogens with zero attached hydrogens (tertiary/aromatic N) is 1. The summed E-state index contributed by atoms with van der Waals surface area (Å²) in [5.74, 6) is -3.38. The number of carbonyl (C=O) groups excluding carboxylic acids is 1. The van der Waals surface area contributed by atoms with E-state index in [4.69, 9.17) is 5.11 Å². The van der Waals surface area contributed by atoms with Crippen LogP contribution in [-0.4, -0.2) is 49.5 Å². The number of ketones is 1. The van der Waals surface area contributed by atoms with Crippen molar-refractivity contribution < 1.29 is 24.5 Å². The lowest BCUT2D eigenvalue weighted by molar-refractivity contribution is -0.125. The van der Waals surface area contributed by atoms with Crippen molar-refractivity contribution in [2.45, 2.75) is 18.2 Å². The second-order valence-corrected chi connectivity index (χ2v) is 4.26. The van der Waals surface area contributed by atoms with Gasteiger partial charge in [-0.25, -0.2) is 4.79 Å². The molecule has 1 heterocycles. The summed E-state index contributed by atoms with van der Waals surface area (Å²) < 4.78 is 13.6. The fourth-order valence-electron chi connectivity index (χ4n) is 2.15. The lowest BCUT2D eigenvalue weighted by Crippen LogP contribution is -2.39. The van der Waals surface area contributed by atoms with Crippen molar-refractivity contribution in [3.05, 3.63) is 32.9 Å². The standard InChI is InChI=1S/C10H11FN2O6/c11-4-1-13(10(19)12-9(4)18)5-6(15)3(2-14)7(16)8(5)17/h1,3,5,7-8,14,16-17H,2H2,(H,12,18,19). The summed E-state index contributed by atoms with van der Waals surface area (Å²) in [6.07, 6.45) is -2.75. The Hall–Kier alpha value is -1.84. The predicted octanol–water partition coefficient (Wildman–Crippen LogP) is -2.87. The topological polar surface area (TPSA) is 133 Å². The van der Waals surface area contributed by atoms with Crippen LogP contribution in [0.1, 0.15) is 6.04 Å². The van der Waals surface area contributed by atoms with Gasteiger partial charge >= 0.3 is 5.69 Å². The fourth-order valence-corrected chi connectivity index (χ4v) is 2.15. The Labute approximate surface area is 104 Å². The minimum Gasteiger partial charge on any atom is -0.396 e. The molecule has 4 unspecified atom stereocenters. The lowest BCUT2D eigenvalue weighted by atomic mass is 10.1. The average molecular weight is 274 g/mol. The molecule has 0 bridgehead atoms. The summed E-state index contributed by atoms with van der Waals surface area (Å²) in [6.45, 7) is -0.714. The highest BCUT2D eigenvalue weighted by atomic mass is 19.1. The quantitative estimate of drug-likeness (QED) is 0.458. The van der Waals surface area contributed by atoms with Crippen LogP contribution in [0.3, 0.4) is 0 Å². The summed E-state index contributed by atoms with van der Waals surface area (Å²) in [7, 11) is 0. The molecule has 1 aliphatic carbocycles. The zero-order valence-corrected chi connectivity index (χ0v) is 9.49. The number of nitrogens with one attached hydrogen (secondary N) is 1. The SMILES string of the molecule is O=C1C(CO)C(O)C(O)C1n1cc(F)c(=O)[nH]c1=O. The molecule has 0 aromatic carbocycles. The molecule has 8 nitrogen and oxygen atoms in total. The second-order valence-electron chi connectivity index (χ2n) is 4.26. The van der Waals surface area contributed by atoms with Gasteiger partial charge in [-0.05, 0) is 0 Å². The van der Waals surface area contributed by atoms with Crippen molar-refractivity contribution in [2.75, 3.05) is 6.61 Å². The zero-order valence-electron chi connectivity index (χ0n) is 9.49. The van der Waals surface area contributed by atoms with E-state index >= 15 is 0 Å². The lowest BCUT2D eigenvalue weighted by Gasteiger charge is -2.16. The maximum Gasteiger partial charge on any atom is 0.329 e. The normalized spacial score (nSPS) is 30.8. The Morgan fingerprint density at radius 1 is 1.26 bits per heavy atom. The molecule has 0 spiro atoms. The van der Waals surface area contributed by atoms with Crippen molar-refractivity contribution in [3.8, 4) is 0 Å². The van der Waals surface area contributed by atoms with Gasteiger partial charge in [0.05, 0.1) is 24.8 Å². The molecule has 1 aromatic heterocycles. The number of H-pyrrole nitrogens is 1. The Balaban J connectivity index is 2.54. The van der Waals surface area contributed by atoms with Crippen LogP contribution in [0.4, 0.5) is 4.39 Å². The average Bonchev–Trinajstić information content (AvgIpc) is 2.56. The van der Waals surface area contributed by atoms with Gasteiger partial charge in [0.15, 0.2) is 5.78 Å². The second kappa shape index (κ2) is 4.68. The first-order chi connectivity index (χ1) is 8.88. The first-order valence-corrected chi connectivity index (χ1v) is 5.40. The highest BCUT2D eigenvalue weighted by Crippen LogP contribution is 2.30. The summed E-state index contributed by atoms with van der Waals surface area (Å²) >= 11 is 0. The molecule has 4 N–H and O–H groups in total. The van der Waals surface area contributed by atoms with Crippen LogP contribution in [0.25, 0.3) is 0 Å². The number of aliphatic hydroxyl groups excluding tert-OH is 3. The minimum absolute atomic E-state index is 0.486. The highest BCUT2D eigenvalue weighted by molar-refractivity contribution is 5.89. The molecule has 0 aliphatic heterocycles. The van der Waals surface area contributed by atoms with Gasteiger partial charge in [0.2, 0.25) is 5.82 Å². The number of carbonyl (C=O) groups is 1. The number of halogens is 1. The number of aliphatic hydroxyl groups is 3.